The van der Waals surface area contributed by atoms with E-state index in [9.17, 15) is 19.5 Å². The van der Waals surface area contributed by atoms with Crippen LogP contribution in [-0.4, -0.2) is 54.0 Å². The molecule has 0 aromatic heterocycles. The fourth-order valence-electron chi connectivity index (χ4n) is 3.53. The highest BCUT2D eigenvalue weighted by atomic mass is 16.5. The van der Waals surface area contributed by atoms with Crippen molar-refractivity contribution in [2.45, 2.75) is 13.3 Å². The fourth-order valence-corrected chi connectivity index (χ4v) is 3.53. The third-order valence-corrected chi connectivity index (χ3v) is 4.88. The van der Waals surface area contributed by atoms with Crippen molar-refractivity contribution in [2.24, 2.45) is 11.3 Å². The summed E-state index contributed by atoms with van der Waals surface area (Å²) in [5.41, 5.74) is -0.211. The molecule has 0 bridgehead atoms. The number of likely N-dealkylation sites (tertiary alicyclic amines) is 1. The van der Waals surface area contributed by atoms with Gasteiger partial charge >= 0.3 is 5.97 Å². The highest BCUT2D eigenvalue weighted by molar-refractivity contribution is 5.85. The highest BCUT2D eigenvalue weighted by Gasteiger charge is 2.55. The smallest absolute Gasteiger partial charge is 0.312 e. The van der Waals surface area contributed by atoms with Gasteiger partial charge < -0.3 is 20.1 Å². The Bertz CT molecular complexity index is 689. The van der Waals surface area contributed by atoms with Crippen LogP contribution in [0.5, 0.6) is 5.75 Å². The van der Waals surface area contributed by atoms with Crippen LogP contribution in [0.3, 0.4) is 0 Å². The monoisotopic (exact) mass is 332 g/mol. The van der Waals surface area contributed by atoms with Gasteiger partial charge in [0.2, 0.25) is 11.8 Å². The molecule has 2 heterocycles. The molecular formula is C17H20N2O5. The molecule has 0 aliphatic carbocycles. The van der Waals surface area contributed by atoms with Gasteiger partial charge in [0.05, 0.1) is 18.6 Å². The summed E-state index contributed by atoms with van der Waals surface area (Å²) in [6.07, 6.45) is 0.326. The molecule has 24 heavy (non-hydrogen) atoms. The maximum Gasteiger partial charge on any atom is 0.312 e. The summed E-state index contributed by atoms with van der Waals surface area (Å²) < 4.78 is 5.79. The van der Waals surface area contributed by atoms with Gasteiger partial charge in [-0.2, -0.15) is 0 Å². The lowest BCUT2D eigenvalue weighted by Gasteiger charge is -2.27. The second kappa shape index (κ2) is 6.14. The van der Waals surface area contributed by atoms with Crippen molar-refractivity contribution < 1.29 is 24.2 Å². The van der Waals surface area contributed by atoms with Crippen LogP contribution in [-0.2, 0) is 20.8 Å². The third kappa shape index (κ3) is 2.81. The van der Waals surface area contributed by atoms with E-state index in [1.165, 1.54) is 11.8 Å². The Morgan fingerprint density at radius 2 is 2.12 bits per heavy atom. The Morgan fingerprint density at radius 1 is 1.38 bits per heavy atom. The van der Waals surface area contributed by atoms with Crippen LogP contribution < -0.4 is 10.1 Å². The number of para-hydroxylation sites is 1. The first-order valence-corrected chi connectivity index (χ1v) is 7.89. The van der Waals surface area contributed by atoms with Gasteiger partial charge in [-0.25, -0.2) is 0 Å². The lowest BCUT2D eigenvalue weighted by Crippen LogP contribution is -2.43. The van der Waals surface area contributed by atoms with E-state index in [2.05, 4.69) is 5.32 Å². The molecule has 7 nitrogen and oxygen atoms in total. The van der Waals surface area contributed by atoms with E-state index in [1.807, 2.05) is 24.3 Å². The van der Waals surface area contributed by atoms with E-state index in [4.69, 9.17) is 4.74 Å². The zero-order valence-corrected chi connectivity index (χ0v) is 13.4. The van der Waals surface area contributed by atoms with Crippen molar-refractivity contribution in [1.82, 2.24) is 10.2 Å². The topological polar surface area (TPSA) is 95.9 Å². The lowest BCUT2D eigenvalue weighted by atomic mass is 9.74. The molecule has 0 unspecified atom stereocenters. The summed E-state index contributed by atoms with van der Waals surface area (Å²) in [5, 5.41) is 12.4. The molecular weight excluding hydrogens is 312 g/mol. The van der Waals surface area contributed by atoms with E-state index in [0.717, 1.165) is 5.56 Å². The largest absolute Gasteiger partial charge is 0.493 e. The number of benzene rings is 1. The lowest BCUT2D eigenvalue weighted by molar-refractivity contribution is -0.151. The molecule has 1 fully saturated rings. The number of ether oxygens (including phenoxy) is 1. The minimum atomic E-state index is -1.06. The van der Waals surface area contributed by atoms with Gasteiger partial charge in [0.1, 0.15) is 5.75 Å². The van der Waals surface area contributed by atoms with Crippen molar-refractivity contribution in [2.75, 3.05) is 26.2 Å². The van der Waals surface area contributed by atoms with Gasteiger partial charge in [0.15, 0.2) is 0 Å². The van der Waals surface area contributed by atoms with Gasteiger partial charge in [-0.1, -0.05) is 18.2 Å². The number of rotatable bonds is 3. The summed E-state index contributed by atoms with van der Waals surface area (Å²) in [4.78, 5) is 36.9. The maximum absolute atomic E-state index is 12.3. The molecule has 2 atom stereocenters. The van der Waals surface area contributed by atoms with Gasteiger partial charge in [-0.3, -0.25) is 14.4 Å². The second-order valence-electron chi connectivity index (χ2n) is 6.44. The number of carbonyl (C=O) groups is 3. The Hall–Kier alpha value is -2.57. The van der Waals surface area contributed by atoms with Crippen molar-refractivity contribution >= 4 is 17.8 Å². The summed E-state index contributed by atoms with van der Waals surface area (Å²) in [5.74, 6) is -1.05. The minimum Gasteiger partial charge on any atom is -0.493 e. The van der Waals surface area contributed by atoms with E-state index in [1.54, 1.807) is 0 Å². The first kappa shape index (κ1) is 16.3. The molecule has 3 rings (SSSR count). The normalized spacial score (nSPS) is 25.0. The van der Waals surface area contributed by atoms with Crippen LogP contribution in [0.4, 0.5) is 0 Å². The molecule has 2 aliphatic rings. The fraction of sp³-hybridized carbons (Fsp3) is 0.471. The Labute approximate surface area is 139 Å². The highest BCUT2D eigenvalue weighted by Crippen LogP contribution is 2.43. The summed E-state index contributed by atoms with van der Waals surface area (Å²) in [6, 6.07) is 7.42. The van der Waals surface area contributed by atoms with Gasteiger partial charge in [-0.05, 0) is 18.1 Å². The number of nitrogens with one attached hydrogen (secondary N) is 1. The van der Waals surface area contributed by atoms with E-state index in [-0.39, 0.29) is 37.4 Å². The Morgan fingerprint density at radius 3 is 2.83 bits per heavy atom. The summed E-state index contributed by atoms with van der Waals surface area (Å²) in [6.45, 7) is 1.93. The van der Waals surface area contributed by atoms with Crippen LogP contribution in [0.2, 0.25) is 0 Å². The average Bonchev–Trinajstić information content (AvgIpc) is 2.84. The molecule has 1 aromatic carbocycles. The minimum absolute atomic E-state index is 0.116. The van der Waals surface area contributed by atoms with Crippen LogP contribution in [0.25, 0.3) is 0 Å². The Balaban J connectivity index is 1.84. The van der Waals surface area contributed by atoms with E-state index in [0.29, 0.717) is 18.7 Å². The number of fused-ring (bicyclic) bond motifs is 2. The molecule has 128 valence electrons. The van der Waals surface area contributed by atoms with Crippen LogP contribution in [0, 0.1) is 11.3 Å². The first-order valence-electron chi connectivity index (χ1n) is 7.89. The van der Waals surface area contributed by atoms with Crippen molar-refractivity contribution in [3.05, 3.63) is 29.8 Å². The zero-order valence-electron chi connectivity index (χ0n) is 13.4. The number of hydrogen-bond donors (Lipinski definition) is 2. The van der Waals surface area contributed by atoms with Gasteiger partial charge in [0.25, 0.3) is 0 Å². The SMILES string of the molecule is CC(=O)NCC(=O)N1C[C@@H]2COc3ccccc3C[C@]2(C(=O)O)C1. The second-order valence-corrected chi connectivity index (χ2v) is 6.44. The van der Waals surface area contributed by atoms with Gasteiger partial charge in [-0.15, -0.1) is 0 Å². The molecule has 1 saturated heterocycles. The predicted molar refractivity (Wildman–Crippen MR) is 84.5 cm³/mol. The molecule has 7 heteroatoms. The van der Waals surface area contributed by atoms with Crippen LogP contribution in [0.15, 0.2) is 24.3 Å². The average molecular weight is 332 g/mol. The van der Waals surface area contributed by atoms with Crippen molar-refractivity contribution in [3.8, 4) is 5.75 Å². The van der Waals surface area contributed by atoms with Gasteiger partial charge in [0, 0.05) is 25.9 Å². The number of amides is 2. The number of carbonyl (C=O) groups excluding carboxylic acids is 2. The standard InChI is InChI=1S/C17H20N2O5/c1-11(20)18-7-15(21)19-8-13-9-24-14-5-3-2-4-12(14)6-17(13,10-19)16(22)23/h2-5,13H,6-10H2,1H3,(H,18,20)(H,22,23)/t13-,17+/m1/s1. The maximum atomic E-state index is 12.3. The first-order chi connectivity index (χ1) is 11.4. The van der Waals surface area contributed by atoms with Crippen LogP contribution in [0.1, 0.15) is 12.5 Å². The predicted octanol–water partition coefficient (Wildman–Crippen LogP) is 0.287. The molecule has 2 N–H and O–H groups in total. The number of hydrogen-bond acceptors (Lipinski definition) is 4. The van der Waals surface area contributed by atoms with Crippen LogP contribution >= 0.6 is 0 Å². The number of nitrogens with zero attached hydrogens (tertiary/aromatic N) is 1. The molecule has 0 spiro atoms. The summed E-state index contributed by atoms with van der Waals surface area (Å²) >= 11 is 0. The third-order valence-electron chi connectivity index (χ3n) is 4.88. The number of carboxylic acids is 1. The summed E-state index contributed by atoms with van der Waals surface area (Å²) in [7, 11) is 0. The van der Waals surface area contributed by atoms with E-state index < -0.39 is 11.4 Å². The van der Waals surface area contributed by atoms with E-state index >= 15 is 0 Å². The Kier molecular flexibility index (Phi) is 4.17. The number of aliphatic carboxylic acids is 1. The molecule has 2 amide bonds. The molecule has 2 aliphatic heterocycles. The quantitative estimate of drug-likeness (QED) is 0.829. The van der Waals surface area contributed by atoms with Crippen molar-refractivity contribution in [3.63, 3.8) is 0 Å². The van der Waals surface area contributed by atoms with Crippen molar-refractivity contribution in [1.29, 1.82) is 0 Å². The molecule has 0 saturated carbocycles. The molecule has 0 radical (unpaired) electrons. The zero-order chi connectivity index (χ0) is 17.3. The molecule has 1 aromatic rings. The number of carboxylic acid groups (broad SMARTS) is 1.